The van der Waals surface area contributed by atoms with Gasteiger partial charge in [0.25, 0.3) is 0 Å². The largest absolute Gasteiger partial charge is 0.496 e. The van der Waals surface area contributed by atoms with Crippen LogP contribution in [0, 0.1) is 11.3 Å². The zero-order valence-electron chi connectivity index (χ0n) is 15.1. The number of nitrogens with zero attached hydrogens (tertiary/aromatic N) is 1. The second-order valence-electron chi connectivity index (χ2n) is 6.07. The van der Waals surface area contributed by atoms with Crippen molar-refractivity contribution < 1.29 is 4.74 Å². The van der Waals surface area contributed by atoms with Crippen molar-refractivity contribution in [2.75, 3.05) is 12.8 Å². The molecule has 0 saturated heterocycles. The van der Waals surface area contributed by atoms with Crippen LogP contribution in [0.5, 0.6) is 5.75 Å². The summed E-state index contributed by atoms with van der Waals surface area (Å²) < 4.78 is 5.53. The number of nitrogens with two attached hydrogens (primary N) is 1. The summed E-state index contributed by atoms with van der Waals surface area (Å²) in [4.78, 5) is 0. The predicted molar refractivity (Wildman–Crippen MR) is 113 cm³/mol. The molecule has 27 heavy (non-hydrogen) atoms. The molecule has 0 aromatic heterocycles. The fourth-order valence-electron chi connectivity index (χ4n) is 2.62. The molecule has 0 aliphatic rings. The minimum atomic E-state index is 0.655. The molecule has 0 bridgehead atoms. The molecule has 0 atom stereocenters. The molecule has 0 heterocycles. The summed E-state index contributed by atoms with van der Waals surface area (Å²) in [6.07, 6.45) is 8.10. The lowest BCUT2D eigenvalue weighted by Gasteiger charge is -2.06. The first kappa shape index (κ1) is 18.0. The van der Waals surface area contributed by atoms with Crippen LogP contribution in [0.1, 0.15) is 27.8 Å². The van der Waals surface area contributed by atoms with Gasteiger partial charge in [-0.05, 0) is 47.0 Å². The Bertz CT molecular complexity index is 1010. The fourth-order valence-corrected chi connectivity index (χ4v) is 2.62. The Balaban J connectivity index is 1.78. The molecular weight excluding hydrogens is 332 g/mol. The number of ether oxygens (including phenoxy) is 1. The van der Waals surface area contributed by atoms with Crippen LogP contribution in [-0.2, 0) is 0 Å². The number of nitrogen functional groups attached to an aromatic ring is 1. The highest BCUT2D eigenvalue weighted by Crippen LogP contribution is 2.24. The van der Waals surface area contributed by atoms with Crippen LogP contribution in [0.4, 0.5) is 5.69 Å². The summed E-state index contributed by atoms with van der Waals surface area (Å²) in [5.74, 6) is 0.805. The summed E-state index contributed by atoms with van der Waals surface area (Å²) in [5.41, 5.74) is 11.3. The number of benzene rings is 3. The van der Waals surface area contributed by atoms with Crippen LogP contribution in [0.25, 0.3) is 24.3 Å². The molecule has 3 rings (SSSR count). The molecule has 0 amide bonds. The van der Waals surface area contributed by atoms with Gasteiger partial charge in [-0.2, -0.15) is 5.26 Å². The van der Waals surface area contributed by atoms with Crippen molar-refractivity contribution in [2.45, 2.75) is 0 Å². The van der Waals surface area contributed by atoms with Gasteiger partial charge in [0.2, 0.25) is 0 Å². The summed E-state index contributed by atoms with van der Waals surface area (Å²) in [5, 5.41) is 8.86. The standard InChI is InChI=1S/C24H20N2O/c1-27-24-16-20(5-2-19-10-14-23(26)15-11-19)9-13-22(24)12-8-18-3-6-21(17-25)7-4-18/h2-16H,26H2,1H3/b5-2+,12-8+. The van der Waals surface area contributed by atoms with Crippen molar-refractivity contribution in [1.82, 2.24) is 0 Å². The third kappa shape index (κ3) is 4.87. The van der Waals surface area contributed by atoms with E-state index in [1.807, 2.05) is 85.0 Å². The maximum atomic E-state index is 8.86. The quantitative estimate of drug-likeness (QED) is 0.488. The normalized spacial score (nSPS) is 11.0. The van der Waals surface area contributed by atoms with Crippen LogP contribution < -0.4 is 10.5 Å². The van der Waals surface area contributed by atoms with E-state index in [-0.39, 0.29) is 0 Å². The number of methoxy groups -OCH3 is 1. The molecule has 0 saturated carbocycles. The first-order chi connectivity index (χ1) is 13.2. The highest BCUT2D eigenvalue weighted by atomic mass is 16.5. The second-order valence-corrected chi connectivity index (χ2v) is 6.07. The number of nitriles is 1. The first-order valence-corrected chi connectivity index (χ1v) is 8.58. The summed E-state index contributed by atoms with van der Waals surface area (Å²) >= 11 is 0. The molecule has 0 aliphatic carbocycles. The topological polar surface area (TPSA) is 59.0 Å². The average Bonchev–Trinajstić information content (AvgIpc) is 2.72. The van der Waals surface area contributed by atoms with E-state index >= 15 is 0 Å². The molecular formula is C24H20N2O. The van der Waals surface area contributed by atoms with Gasteiger partial charge in [0.1, 0.15) is 5.75 Å². The maximum Gasteiger partial charge on any atom is 0.126 e. The van der Waals surface area contributed by atoms with Crippen LogP contribution >= 0.6 is 0 Å². The predicted octanol–water partition coefficient (Wildman–Crippen LogP) is 5.49. The van der Waals surface area contributed by atoms with Gasteiger partial charge in [-0.1, -0.05) is 60.7 Å². The maximum absolute atomic E-state index is 8.86. The van der Waals surface area contributed by atoms with E-state index < -0.39 is 0 Å². The van der Waals surface area contributed by atoms with Crippen molar-refractivity contribution in [3.05, 3.63) is 94.5 Å². The first-order valence-electron chi connectivity index (χ1n) is 8.58. The van der Waals surface area contributed by atoms with E-state index in [1.54, 1.807) is 7.11 Å². The highest BCUT2D eigenvalue weighted by molar-refractivity contribution is 5.76. The van der Waals surface area contributed by atoms with Crippen LogP contribution in [-0.4, -0.2) is 7.11 Å². The fraction of sp³-hybridized carbons (Fsp3) is 0.0417. The van der Waals surface area contributed by atoms with Gasteiger partial charge in [-0.3, -0.25) is 0 Å². The Morgan fingerprint density at radius 2 is 1.33 bits per heavy atom. The molecule has 0 unspecified atom stereocenters. The summed E-state index contributed by atoms with van der Waals surface area (Å²) in [6, 6.07) is 23.4. The van der Waals surface area contributed by atoms with Crippen molar-refractivity contribution in [3.63, 3.8) is 0 Å². The minimum Gasteiger partial charge on any atom is -0.496 e. The van der Waals surface area contributed by atoms with Gasteiger partial charge in [-0.15, -0.1) is 0 Å². The van der Waals surface area contributed by atoms with E-state index in [9.17, 15) is 0 Å². The Hall–Kier alpha value is -3.77. The van der Waals surface area contributed by atoms with E-state index in [0.717, 1.165) is 33.7 Å². The van der Waals surface area contributed by atoms with E-state index in [4.69, 9.17) is 15.7 Å². The smallest absolute Gasteiger partial charge is 0.126 e. The van der Waals surface area contributed by atoms with E-state index in [1.165, 1.54) is 0 Å². The van der Waals surface area contributed by atoms with Crippen molar-refractivity contribution in [1.29, 1.82) is 5.26 Å². The second kappa shape index (κ2) is 8.55. The van der Waals surface area contributed by atoms with Crippen LogP contribution in [0.2, 0.25) is 0 Å². The summed E-state index contributed by atoms with van der Waals surface area (Å²) in [6.45, 7) is 0. The molecule has 3 aromatic carbocycles. The molecule has 3 aromatic rings. The Labute approximate surface area is 159 Å². The van der Waals surface area contributed by atoms with Crippen molar-refractivity contribution in [3.8, 4) is 11.8 Å². The van der Waals surface area contributed by atoms with Crippen LogP contribution in [0.15, 0.2) is 66.7 Å². The molecule has 2 N–H and O–H groups in total. The Kier molecular flexibility index (Phi) is 5.71. The van der Waals surface area contributed by atoms with Gasteiger partial charge in [0.05, 0.1) is 18.7 Å². The molecule has 3 heteroatoms. The summed E-state index contributed by atoms with van der Waals surface area (Å²) in [7, 11) is 1.67. The van der Waals surface area contributed by atoms with E-state index in [2.05, 4.69) is 12.1 Å². The molecule has 0 radical (unpaired) electrons. The van der Waals surface area contributed by atoms with E-state index in [0.29, 0.717) is 5.56 Å². The van der Waals surface area contributed by atoms with Gasteiger partial charge < -0.3 is 10.5 Å². The third-order valence-electron chi connectivity index (χ3n) is 4.16. The lowest BCUT2D eigenvalue weighted by molar-refractivity contribution is 0.414. The molecule has 132 valence electrons. The Morgan fingerprint density at radius 1 is 0.778 bits per heavy atom. The molecule has 0 spiro atoms. The van der Waals surface area contributed by atoms with Gasteiger partial charge >= 0.3 is 0 Å². The number of hydrogen-bond acceptors (Lipinski definition) is 3. The number of hydrogen-bond donors (Lipinski definition) is 1. The third-order valence-corrected chi connectivity index (χ3v) is 4.16. The molecule has 0 aliphatic heterocycles. The zero-order chi connectivity index (χ0) is 19.1. The number of rotatable bonds is 5. The van der Waals surface area contributed by atoms with Gasteiger partial charge in [-0.25, -0.2) is 0 Å². The lowest BCUT2D eigenvalue weighted by Crippen LogP contribution is -1.88. The highest BCUT2D eigenvalue weighted by Gasteiger charge is 2.01. The molecule has 3 nitrogen and oxygen atoms in total. The van der Waals surface area contributed by atoms with Crippen LogP contribution in [0.3, 0.4) is 0 Å². The SMILES string of the molecule is COc1cc(/C=C/c2ccc(N)cc2)ccc1/C=C/c1ccc(C#N)cc1. The zero-order valence-corrected chi connectivity index (χ0v) is 15.1. The minimum absolute atomic E-state index is 0.655. The number of anilines is 1. The lowest BCUT2D eigenvalue weighted by atomic mass is 10.1. The average molecular weight is 352 g/mol. The van der Waals surface area contributed by atoms with Gasteiger partial charge in [0, 0.05) is 11.3 Å². The van der Waals surface area contributed by atoms with Gasteiger partial charge in [0.15, 0.2) is 0 Å². The van der Waals surface area contributed by atoms with Crippen molar-refractivity contribution >= 4 is 30.0 Å². The monoisotopic (exact) mass is 352 g/mol. The van der Waals surface area contributed by atoms with Crippen molar-refractivity contribution in [2.24, 2.45) is 0 Å². The molecule has 0 fully saturated rings. The Morgan fingerprint density at radius 3 is 1.96 bits per heavy atom.